The average molecular weight is 202 g/mol. The van der Waals surface area contributed by atoms with Crippen LogP contribution in [0.5, 0.6) is 0 Å². The molecule has 13 heavy (non-hydrogen) atoms. The van der Waals surface area contributed by atoms with Crippen LogP contribution in [0.3, 0.4) is 0 Å². The molecule has 0 radical (unpaired) electrons. The minimum Gasteiger partial charge on any atom is -0.322 e. The summed E-state index contributed by atoms with van der Waals surface area (Å²) < 4.78 is 13.1. The summed E-state index contributed by atoms with van der Waals surface area (Å²) in [5, 5.41) is 0. The number of halogens is 2. The van der Waals surface area contributed by atoms with E-state index in [0.29, 0.717) is 6.42 Å². The van der Waals surface area contributed by atoms with E-state index in [1.54, 1.807) is 0 Å². The summed E-state index contributed by atoms with van der Waals surface area (Å²) in [5.74, 6) is 0. The maximum absolute atomic E-state index is 13.1. The Kier molecular flexibility index (Phi) is 3.28. The highest BCUT2D eigenvalue weighted by atomic mass is 35.5. The molecule has 2 N–H and O–H groups in total. The zero-order valence-corrected chi connectivity index (χ0v) is 8.06. The Morgan fingerprint density at radius 1 is 1.31 bits per heavy atom. The third kappa shape index (κ3) is 1.84. The van der Waals surface area contributed by atoms with Crippen LogP contribution < -0.4 is 5.73 Å². The van der Waals surface area contributed by atoms with E-state index in [2.05, 4.69) is 0 Å². The lowest BCUT2D eigenvalue weighted by molar-refractivity contribution is 0.255. The molecule has 0 amide bonds. The highest BCUT2D eigenvalue weighted by molar-refractivity contribution is 5.85. The highest BCUT2D eigenvalue weighted by Gasteiger charge is 2.25. The van der Waals surface area contributed by atoms with Crippen molar-refractivity contribution in [1.82, 2.24) is 0 Å². The fraction of sp³-hybridized carbons (Fsp3) is 0.400. The Morgan fingerprint density at radius 2 is 2.00 bits per heavy atom. The molecule has 0 saturated carbocycles. The third-order valence-electron chi connectivity index (χ3n) is 2.49. The van der Waals surface area contributed by atoms with E-state index in [4.69, 9.17) is 5.73 Å². The average Bonchev–Trinajstić information content (AvgIpc) is 2.12. The van der Waals surface area contributed by atoms with Gasteiger partial charge in [-0.05, 0) is 24.0 Å². The number of alkyl halides is 1. The second-order valence-electron chi connectivity index (χ2n) is 3.28. The Labute approximate surface area is 83.5 Å². The van der Waals surface area contributed by atoms with Gasteiger partial charge in [0, 0.05) is 0 Å². The summed E-state index contributed by atoms with van der Waals surface area (Å²) in [7, 11) is 0. The van der Waals surface area contributed by atoms with Gasteiger partial charge in [0.25, 0.3) is 0 Å². The number of aryl methyl sites for hydroxylation is 1. The van der Waals surface area contributed by atoms with Crippen molar-refractivity contribution in [2.75, 3.05) is 0 Å². The zero-order chi connectivity index (χ0) is 8.55. The van der Waals surface area contributed by atoms with E-state index < -0.39 is 12.2 Å². The van der Waals surface area contributed by atoms with Crippen molar-refractivity contribution in [3.63, 3.8) is 0 Å². The van der Waals surface area contributed by atoms with Crippen molar-refractivity contribution in [2.24, 2.45) is 5.73 Å². The predicted octanol–water partition coefficient (Wildman–Crippen LogP) is 2.39. The van der Waals surface area contributed by atoms with Gasteiger partial charge >= 0.3 is 0 Å². The molecule has 0 fully saturated rings. The summed E-state index contributed by atoms with van der Waals surface area (Å²) in [6.45, 7) is 0. The molecule has 0 saturated heterocycles. The molecule has 0 aromatic heterocycles. The molecule has 0 spiro atoms. The molecular weight excluding hydrogens is 189 g/mol. The molecule has 72 valence electrons. The van der Waals surface area contributed by atoms with Crippen molar-refractivity contribution in [3.05, 3.63) is 35.4 Å². The van der Waals surface area contributed by atoms with Gasteiger partial charge in [-0.25, -0.2) is 4.39 Å². The zero-order valence-electron chi connectivity index (χ0n) is 7.24. The minimum atomic E-state index is -0.861. The maximum atomic E-state index is 13.1. The molecule has 0 heterocycles. The molecule has 1 aromatic carbocycles. The number of nitrogens with two attached hydrogens (primary N) is 1. The van der Waals surface area contributed by atoms with E-state index in [1.165, 1.54) is 5.56 Å². The van der Waals surface area contributed by atoms with Gasteiger partial charge in [0.1, 0.15) is 6.17 Å². The molecule has 1 aliphatic rings. The van der Waals surface area contributed by atoms with Gasteiger partial charge in [-0.2, -0.15) is 0 Å². The van der Waals surface area contributed by atoms with Crippen LogP contribution in [0.4, 0.5) is 4.39 Å². The van der Waals surface area contributed by atoms with Crippen LogP contribution in [-0.2, 0) is 6.42 Å². The fourth-order valence-corrected chi connectivity index (χ4v) is 1.75. The van der Waals surface area contributed by atoms with E-state index in [9.17, 15) is 4.39 Å². The quantitative estimate of drug-likeness (QED) is 0.686. The standard InChI is InChI=1S/C10H12FN.ClH/c11-9-6-5-7-3-1-2-4-8(7)10(9)12;/h1-4,9-10H,5-6,12H2;1H. The van der Waals surface area contributed by atoms with Crippen molar-refractivity contribution < 1.29 is 4.39 Å². The first-order chi connectivity index (χ1) is 5.79. The summed E-state index contributed by atoms with van der Waals surface area (Å²) in [5.41, 5.74) is 7.90. The molecule has 1 aromatic rings. The lowest BCUT2D eigenvalue weighted by Crippen LogP contribution is -2.28. The molecule has 1 aliphatic carbocycles. The van der Waals surface area contributed by atoms with E-state index in [-0.39, 0.29) is 12.4 Å². The first-order valence-electron chi connectivity index (χ1n) is 4.26. The van der Waals surface area contributed by atoms with Crippen LogP contribution in [0.15, 0.2) is 24.3 Å². The van der Waals surface area contributed by atoms with Crippen molar-refractivity contribution in [3.8, 4) is 0 Å². The first kappa shape index (κ1) is 10.5. The smallest absolute Gasteiger partial charge is 0.120 e. The van der Waals surface area contributed by atoms with Crippen molar-refractivity contribution in [1.29, 1.82) is 0 Å². The topological polar surface area (TPSA) is 26.0 Å². The van der Waals surface area contributed by atoms with Crippen molar-refractivity contribution in [2.45, 2.75) is 25.1 Å². The van der Waals surface area contributed by atoms with Crippen LogP contribution >= 0.6 is 12.4 Å². The number of benzene rings is 1. The third-order valence-corrected chi connectivity index (χ3v) is 2.49. The number of rotatable bonds is 0. The summed E-state index contributed by atoms with van der Waals surface area (Å²) in [6.07, 6.45) is 0.531. The van der Waals surface area contributed by atoms with Crippen LogP contribution in [0, 0.1) is 0 Å². The minimum absolute atomic E-state index is 0. The van der Waals surface area contributed by atoms with Gasteiger partial charge in [0.2, 0.25) is 0 Å². The Morgan fingerprint density at radius 3 is 2.77 bits per heavy atom. The van der Waals surface area contributed by atoms with E-state index in [1.807, 2.05) is 24.3 Å². The molecule has 2 rings (SSSR count). The monoisotopic (exact) mass is 201 g/mol. The summed E-state index contributed by atoms with van der Waals surface area (Å²) in [6, 6.07) is 7.43. The van der Waals surface area contributed by atoms with E-state index in [0.717, 1.165) is 12.0 Å². The Hall–Kier alpha value is -0.600. The maximum Gasteiger partial charge on any atom is 0.120 e. The van der Waals surface area contributed by atoms with Crippen LogP contribution in [0.2, 0.25) is 0 Å². The Balaban J connectivity index is 0.000000845. The number of fused-ring (bicyclic) bond motifs is 1. The predicted molar refractivity (Wildman–Crippen MR) is 53.8 cm³/mol. The number of hydrogen-bond donors (Lipinski definition) is 1. The summed E-state index contributed by atoms with van der Waals surface area (Å²) in [4.78, 5) is 0. The first-order valence-corrected chi connectivity index (χ1v) is 4.26. The molecule has 0 bridgehead atoms. The second kappa shape index (κ2) is 4.07. The van der Waals surface area contributed by atoms with Crippen LogP contribution in [0.25, 0.3) is 0 Å². The molecule has 1 nitrogen and oxygen atoms in total. The van der Waals surface area contributed by atoms with Crippen LogP contribution in [-0.4, -0.2) is 6.17 Å². The molecule has 3 heteroatoms. The van der Waals surface area contributed by atoms with Gasteiger partial charge in [-0.1, -0.05) is 24.3 Å². The molecule has 2 atom stereocenters. The largest absolute Gasteiger partial charge is 0.322 e. The second-order valence-corrected chi connectivity index (χ2v) is 3.28. The Bertz CT molecular complexity index is 290. The summed E-state index contributed by atoms with van der Waals surface area (Å²) >= 11 is 0. The number of hydrogen-bond acceptors (Lipinski definition) is 1. The highest BCUT2D eigenvalue weighted by Crippen LogP contribution is 2.29. The van der Waals surface area contributed by atoms with E-state index >= 15 is 0 Å². The van der Waals surface area contributed by atoms with Gasteiger partial charge in [-0.3, -0.25) is 0 Å². The lowest BCUT2D eigenvalue weighted by Gasteiger charge is -2.25. The van der Waals surface area contributed by atoms with Crippen molar-refractivity contribution >= 4 is 12.4 Å². The van der Waals surface area contributed by atoms with Gasteiger partial charge in [0.05, 0.1) is 6.04 Å². The van der Waals surface area contributed by atoms with Gasteiger partial charge in [-0.15, -0.1) is 12.4 Å². The SMILES string of the molecule is Cl.NC1c2ccccc2CCC1F. The van der Waals surface area contributed by atoms with Crippen LogP contribution in [0.1, 0.15) is 23.6 Å². The molecular formula is C10H13ClFN. The fourth-order valence-electron chi connectivity index (χ4n) is 1.75. The lowest BCUT2D eigenvalue weighted by atomic mass is 9.87. The normalized spacial score (nSPS) is 26.0. The molecule has 0 aliphatic heterocycles. The van der Waals surface area contributed by atoms with Gasteiger partial charge in [0.15, 0.2) is 0 Å². The molecule has 2 unspecified atom stereocenters. The van der Waals surface area contributed by atoms with Gasteiger partial charge < -0.3 is 5.73 Å².